The van der Waals surface area contributed by atoms with Gasteiger partial charge in [-0.2, -0.15) is 12.1 Å². The number of hydrogen-bond acceptors (Lipinski definition) is 2. The maximum Gasteiger partial charge on any atom is 2.00 e. The molecule has 74 heavy (non-hydrogen) atoms. The van der Waals surface area contributed by atoms with Crippen LogP contribution in [0, 0.1) is 12.1 Å². The minimum atomic E-state index is -0.153. The first-order chi connectivity index (χ1) is 34.3. The maximum atomic E-state index is 6.79. The molecule has 10 rings (SSSR count). The molecule has 0 saturated heterocycles. The van der Waals surface area contributed by atoms with E-state index in [-0.39, 0.29) is 48.1 Å². The van der Waals surface area contributed by atoms with Gasteiger partial charge in [-0.15, -0.1) is 23.6 Å². The second kappa shape index (κ2) is 18.9. The van der Waals surface area contributed by atoms with Crippen molar-refractivity contribution >= 4 is 50.6 Å². The Balaban J connectivity index is 0.00000672. The van der Waals surface area contributed by atoms with Gasteiger partial charge >= 0.3 is 32.8 Å². The molecule has 0 aliphatic carbocycles. The van der Waals surface area contributed by atoms with Crippen LogP contribution in [0.3, 0.4) is 0 Å². The molecule has 9 aromatic rings. The molecule has 1 aliphatic rings. The molecule has 3 heterocycles. The van der Waals surface area contributed by atoms with Gasteiger partial charge in [0, 0.05) is 47.0 Å². The summed E-state index contributed by atoms with van der Waals surface area (Å²) in [5, 5.41) is 2.21. The molecule has 376 valence electrons. The first-order valence-corrected chi connectivity index (χ1v) is 25.9. The molecule has 6 heteroatoms. The van der Waals surface area contributed by atoms with Crippen molar-refractivity contribution in [2.75, 3.05) is 0 Å². The summed E-state index contributed by atoms with van der Waals surface area (Å²) in [5.41, 5.74) is 16.7. The fourth-order valence-corrected chi connectivity index (χ4v) is 10.00. The number of para-hydroxylation sites is 2. The predicted molar refractivity (Wildman–Crippen MR) is 308 cm³/mol. The monoisotopic (exact) mass is 1150 g/mol. The van der Waals surface area contributed by atoms with Crippen LogP contribution in [0.2, 0.25) is 0 Å². The van der Waals surface area contributed by atoms with Crippen molar-refractivity contribution in [2.45, 2.75) is 131 Å². The smallest absolute Gasteiger partial charge is 0.509 e. The van der Waals surface area contributed by atoms with E-state index in [9.17, 15) is 0 Å². The topological polar surface area (TPSA) is 33.1 Å². The number of aromatic nitrogens is 2. The summed E-state index contributed by atoms with van der Waals surface area (Å²) < 4.78 is 13.4. The molecule has 7 aromatic carbocycles. The number of rotatable bonds is 7. The van der Waals surface area contributed by atoms with E-state index < -0.39 is 0 Å². The second-order valence-corrected chi connectivity index (χ2v) is 25.1. The number of fused-ring (bicyclic) bond motifs is 4. The average molecular weight is 1150 g/mol. The van der Waals surface area contributed by atoms with E-state index in [1.54, 1.807) is 0 Å². The Morgan fingerprint density at radius 2 is 1.12 bits per heavy atom. The van der Waals surface area contributed by atoms with Gasteiger partial charge in [0.1, 0.15) is 11.5 Å². The standard InChI is InChI=1S/C68H70N4O.Pt/c1-64(2,3)46-31-29-44(30-32-46)57-42-69-62(41-58(57)68(13,14)15)72-59-27-17-16-25-55(59)56-34-33-53(40-61(56)72)73-52-24-19-23-50(39-52)70-43-71(51-37-48(66(7,8)9)36-49(38-51)67(10,11)12)63-54(26-20-28-60(63)70)45-21-18-22-47(35-45)65(4,5)6;/h16-38,41-42H,1-15H3;/q;+2. The van der Waals surface area contributed by atoms with Crippen molar-refractivity contribution < 1.29 is 25.8 Å². The van der Waals surface area contributed by atoms with Crippen LogP contribution in [0.25, 0.3) is 49.9 Å². The molecule has 0 amide bonds. The van der Waals surface area contributed by atoms with Gasteiger partial charge in [-0.1, -0.05) is 205 Å². The van der Waals surface area contributed by atoms with Crippen LogP contribution >= 0.6 is 0 Å². The van der Waals surface area contributed by atoms with Gasteiger partial charge in [0.15, 0.2) is 0 Å². The number of hydrogen-bond donors (Lipinski definition) is 0. The number of benzene rings is 7. The molecule has 0 N–H and O–H groups in total. The Labute approximate surface area is 454 Å². The van der Waals surface area contributed by atoms with Gasteiger partial charge in [0.25, 0.3) is 5.69 Å². The number of pyridine rings is 1. The van der Waals surface area contributed by atoms with E-state index >= 15 is 0 Å². The molecule has 5 nitrogen and oxygen atoms in total. The minimum absolute atomic E-state index is 0. The van der Waals surface area contributed by atoms with E-state index in [1.165, 1.54) is 27.8 Å². The molecule has 2 aromatic heterocycles. The zero-order valence-corrected chi connectivity index (χ0v) is 48.2. The molecule has 0 bridgehead atoms. The SMILES string of the molecule is CC(C)(C)c1ccc(-c2cnc(-n3c4[c-]c(Oc5[c-]c([N+]6=C=[N+](c7cc(C(C)(C)C)cc(C(C)(C)C)c7)c7c(-c8cccc(C(C)(C)C)c8)cccc76)ccc5)ccc4c4ccccc43)cc2C(C)(C)C)cc1.[Pt+2]. The molecule has 1 aliphatic heterocycles. The average Bonchev–Trinajstić information content (AvgIpc) is 3.89. The third-order valence-electron chi connectivity index (χ3n) is 14.4. The third kappa shape index (κ3) is 10.0. The molecule has 0 spiro atoms. The van der Waals surface area contributed by atoms with Crippen molar-refractivity contribution in [3.05, 3.63) is 192 Å². The van der Waals surface area contributed by atoms with Crippen LogP contribution in [-0.2, 0) is 48.1 Å². The Morgan fingerprint density at radius 1 is 0.486 bits per heavy atom. The van der Waals surface area contributed by atoms with Gasteiger partial charge in [-0.05, 0) is 94.2 Å². The van der Waals surface area contributed by atoms with Gasteiger partial charge in [0.2, 0.25) is 5.69 Å². The zero-order chi connectivity index (χ0) is 52.0. The second-order valence-electron chi connectivity index (χ2n) is 25.1. The summed E-state index contributed by atoms with van der Waals surface area (Å²) in [6, 6.07) is 63.9. The van der Waals surface area contributed by atoms with E-state index in [0.717, 1.165) is 72.6 Å². The van der Waals surface area contributed by atoms with Crippen molar-refractivity contribution in [3.63, 3.8) is 0 Å². The van der Waals surface area contributed by atoms with E-state index in [0.29, 0.717) is 11.5 Å². The van der Waals surface area contributed by atoms with Crippen LogP contribution in [0.5, 0.6) is 11.5 Å². The summed E-state index contributed by atoms with van der Waals surface area (Å²) in [7, 11) is 0. The Hall–Kier alpha value is -6.64. The first-order valence-electron chi connectivity index (χ1n) is 25.9. The molecule has 0 fully saturated rings. The fraction of sp³-hybridized carbons (Fsp3) is 0.294. The van der Waals surface area contributed by atoms with Crippen LogP contribution < -0.4 is 13.9 Å². The molecule has 0 unspecified atom stereocenters. The van der Waals surface area contributed by atoms with Gasteiger partial charge < -0.3 is 9.30 Å². The van der Waals surface area contributed by atoms with Crippen molar-refractivity contribution in [3.8, 4) is 39.6 Å². The van der Waals surface area contributed by atoms with Crippen molar-refractivity contribution in [1.29, 1.82) is 0 Å². The number of nitrogens with zero attached hydrogens (tertiary/aromatic N) is 4. The van der Waals surface area contributed by atoms with Gasteiger partial charge in [-0.3, -0.25) is 0 Å². The van der Waals surface area contributed by atoms with Crippen molar-refractivity contribution in [2.24, 2.45) is 0 Å². The quantitative estimate of drug-likeness (QED) is 0.118. The zero-order valence-electron chi connectivity index (χ0n) is 45.9. The van der Waals surface area contributed by atoms with Gasteiger partial charge in [-0.25, -0.2) is 4.98 Å². The Morgan fingerprint density at radius 3 is 1.78 bits per heavy atom. The number of ether oxygens (including phenoxy) is 1. The van der Waals surface area contributed by atoms with E-state index in [1.807, 2.05) is 24.4 Å². The minimum Gasteiger partial charge on any atom is -0.509 e. The van der Waals surface area contributed by atoms with Crippen LogP contribution in [0.4, 0.5) is 22.7 Å². The van der Waals surface area contributed by atoms with Crippen molar-refractivity contribution in [1.82, 2.24) is 18.7 Å². The Kier molecular flexibility index (Phi) is 13.4. The first kappa shape index (κ1) is 52.2. The normalized spacial score (nSPS) is 13.2. The summed E-state index contributed by atoms with van der Waals surface area (Å²) in [6.45, 7) is 34.2. The molecule has 0 saturated carbocycles. The fourth-order valence-electron chi connectivity index (χ4n) is 10.00. The van der Waals surface area contributed by atoms with Crippen LogP contribution in [-0.4, -0.2) is 15.6 Å². The molecular weight excluding hydrogens is 1080 g/mol. The predicted octanol–water partition coefficient (Wildman–Crippen LogP) is 18.2. The van der Waals surface area contributed by atoms with E-state index in [4.69, 9.17) is 9.72 Å². The summed E-state index contributed by atoms with van der Waals surface area (Å²) in [4.78, 5) is 5.21. The summed E-state index contributed by atoms with van der Waals surface area (Å²) >= 11 is 0. The molecule has 0 radical (unpaired) electrons. The van der Waals surface area contributed by atoms with Gasteiger partial charge in [0.05, 0.1) is 5.56 Å². The summed E-state index contributed by atoms with van der Waals surface area (Å²) in [6.07, 6.45) is 2.05. The Bertz CT molecular complexity index is 3670. The third-order valence-corrected chi connectivity index (χ3v) is 14.4. The van der Waals surface area contributed by atoms with Crippen LogP contribution in [0.15, 0.2) is 152 Å². The molecular formula is C68H70N4OPt+2. The largest absolute Gasteiger partial charge is 2.00 e. The molecule has 0 atom stereocenters. The van der Waals surface area contributed by atoms with Crippen LogP contribution in [0.1, 0.15) is 132 Å². The van der Waals surface area contributed by atoms with E-state index in [2.05, 4.69) is 263 Å². The summed E-state index contributed by atoms with van der Waals surface area (Å²) in [5.74, 6) is 2.00. The maximum absolute atomic E-state index is 6.79.